The van der Waals surface area contributed by atoms with Crippen molar-refractivity contribution in [2.75, 3.05) is 26.3 Å². The molecule has 3 heteroatoms. The van der Waals surface area contributed by atoms with E-state index in [0.717, 1.165) is 26.3 Å². The second-order valence-corrected chi connectivity index (χ2v) is 5.67. The molecule has 1 aromatic heterocycles. The molecule has 0 spiro atoms. The molecule has 1 saturated heterocycles. The molecule has 19 heavy (non-hydrogen) atoms. The molecule has 2 heterocycles. The Bertz CT molecular complexity index is 583. The molecule has 0 bridgehead atoms. The van der Waals surface area contributed by atoms with Crippen molar-refractivity contribution in [2.24, 2.45) is 0 Å². The Balaban J connectivity index is 1.65. The number of fused-ring (bicyclic) bond motifs is 3. The fraction of sp³-hybridized carbons (Fsp3) is 0.500. The van der Waals surface area contributed by atoms with E-state index in [0.29, 0.717) is 6.04 Å². The van der Waals surface area contributed by atoms with E-state index in [1.54, 1.807) is 5.56 Å². The first-order valence-electron chi connectivity index (χ1n) is 7.32. The summed E-state index contributed by atoms with van der Waals surface area (Å²) in [6, 6.07) is 9.41. The predicted molar refractivity (Wildman–Crippen MR) is 76.5 cm³/mol. The van der Waals surface area contributed by atoms with Crippen LogP contribution in [0.15, 0.2) is 24.3 Å². The lowest BCUT2D eigenvalue weighted by Crippen LogP contribution is -2.45. The molecule has 0 saturated carbocycles. The molecular formula is C16H20N2O. The molecule has 0 unspecified atom stereocenters. The van der Waals surface area contributed by atoms with Gasteiger partial charge in [0.05, 0.1) is 13.2 Å². The van der Waals surface area contributed by atoms with Crippen LogP contribution in [0.1, 0.15) is 17.7 Å². The number of morpholine rings is 1. The number of aromatic nitrogens is 1. The average Bonchev–Trinajstić information content (AvgIpc) is 2.86. The number of para-hydroxylation sites is 1. The SMILES string of the molecule is c1ccc2c3c([nH]c2c1)CC[C@H](N1CCOCC1)C3. The molecule has 1 aromatic carbocycles. The number of H-pyrrole nitrogens is 1. The number of rotatable bonds is 1. The van der Waals surface area contributed by atoms with Crippen LogP contribution in [-0.2, 0) is 17.6 Å². The Morgan fingerprint density at radius 1 is 1.16 bits per heavy atom. The number of benzene rings is 1. The summed E-state index contributed by atoms with van der Waals surface area (Å²) in [4.78, 5) is 6.22. The average molecular weight is 256 g/mol. The van der Waals surface area contributed by atoms with Gasteiger partial charge in [0.15, 0.2) is 0 Å². The number of hydrogen-bond donors (Lipinski definition) is 1. The molecule has 100 valence electrons. The fourth-order valence-electron chi connectivity index (χ4n) is 3.61. The van der Waals surface area contributed by atoms with Crippen molar-refractivity contribution in [3.63, 3.8) is 0 Å². The third-order valence-corrected chi connectivity index (χ3v) is 4.63. The van der Waals surface area contributed by atoms with Gasteiger partial charge in [-0.1, -0.05) is 18.2 Å². The minimum absolute atomic E-state index is 0.704. The quantitative estimate of drug-likeness (QED) is 0.848. The minimum Gasteiger partial charge on any atom is -0.379 e. The van der Waals surface area contributed by atoms with Gasteiger partial charge in [-0.3, -0.25) is 4.90 Å². The summed E-state index contributed by atoms with van der Waals surface area (Å²) >= 11 is 0. The molecular weight excluding hydrogens is 236 g/mol. The van der Waals surface area contributed by atoms with E-state index in [9.17, 15) is 0 Å². The van der Waals surface area contributed by atoms with Crippen LogP contribution >= 0.6 is 0 Å². The monoisotopic (exact) mass is 256 g/mol. The third-order valence-electron chi connectivity index (χ3n) is 4.63. The Kier molecular flexibility index (Phi) is 2.82. The van der Waals surface area contributed by atoms with Crippen LogP contribution in [0.3, 0.4) is 0 Å². The summed E-state index contributed by atoms with van der Waals surface area (Å²) in [6.45, 7) is 4.00. The van der Waals surface area contributed by atoms with Crippen molar-refractivity contribution in [1.29, 1.82) is 0 Å². The minimum atomic E-state index is 0.704. The fourth-order valence-corrected chi connectivity index (χ4v) is 3.61. The second-order valence-electron chi connectivity index (χ2n) is 5.67. The van der Waals surface area contributed by atoms with Crippen molar-refractivity contribution in [3.8, 4) is 0 Å². The maximum atomic E-state index is 5.47. The van der Waals surface area contributed by atoms with E-state index in [2.05, 4.69) is 34.1 Å². The lowest BCUT2D eigenvalue weighted by atomic mass is 9.90. The van der Waals surface area contributed by atoms with Gasteiger partial charge in [0.2, 0.25) is 0 Å². The summed E-state index contributed by atoms with van der Waals surface area (Å²) in [5.41, 5.74) is 4.32. The highest BCUT2D eigenvalue weighted by Gasteiger charge is 2.27. The number of aryl methyl sites for hydroxylation is 1. The van der Waals surface area contributed by atoms with Gasteiger partial charge >= 0.3 is 0 Å². The number of nitrogens with one attached hydrogen (secondary N) is 1. The molecule has 1 atom stereocenters. The lowest BCUT2D eigenvalue weighted by molar-refractivity contribution is 0.0137. The van der Waals surface area contributed by atoms with Crippen LogP contribution < -0.4 is 0 Å². The van der Waals surface area contributed by atoms with E-state index in [-0.39, 0.29) is 0 Å². The zero-order valence-corrected chi connectivity index (χ0v) is 11.2. The van der Waals surface area contributed by atoms with Crippen LogP contribution in [0.25, 0.3) is 10.9 Å². The van der Waals surface area contributed by atoms with Crippen molar-refractivity contribution >= 4 is 10.9 Å². The third kappa shape index (κ3) is 1.97. The number of aromatic amines is 1. The summed E-state index contributed by atoms with van der Waals surface area (Å²) in [5.74, 6) is 0. The maximum absolute atomic E-state index is 5.47. The number of ether oxygens (including phenoxy) is 1. The van der Waals surface area contributed by atoms with E-state index < -0.39 is 0 Å². The van der Waals surface area contributed by atoms with Gasteiger partial charge in [0.1, 0.15) is 0 Å². The van der Waals surface area contributed by atoms with Gasteiger partial charge in [0, 0.05) is 35.7 Å². The molecule has 1 N–H and O–H groups in total. The van der Waals surface area contributed by atoms with Crippen LogP contribution in [-0.4, -0.2) is 42.2 Å². The van der Waals surface area contributed by atoms with Crippen LogP contribution in [0.4, 0.5) is 0 Å². The van der Waals surface area contributed by atoms with Gasteiger partial charge in [-0.25, -0.2) is 0 Å². The van der Waals surface area contributed by atoms with Crippen LogP contribution in [0.2, 0.25) is 0 Å². The molecule has 1 aliphatic heterocycles. The molecule has 0 amide bonds. The highest BCUT2D eigenvalue weighted by atomic mass is 16.5. The highest BCUT2D eigenvalue weighted by molar-refractivity contribution is 5.84. The maximum Gasteiger partial charge on any atom is 0.0594 e. The van der Waals surface area contributed by atoms with Gasteiger partial charge in [-0.05, 0) is 30.9 Å². The molecule has 2 aliphatic rings. The van der Waals surface area contributed by atoms with Gasteiger partial charge in [0.25, 0.3) is 0 Å². The van der Waals surface area contributed by atoms with Crippen molar-refractivity contribution in [3.05, 3.63) is 35.5 Å². The van der Waals surface area contributed by atoms with Gasteiger partial charge in [-0.15, -0.1) is 0 Å². The number of nitrogens with zero attached hydrogens (tertiary/aromatic N) is 1. The van der Waals surface area contributed by atoms with Crippen LogP contribution in [0, 0.1) is 0 Å². The first-order valence-corrected chi connectivity index (χ1v) is 7.32. The van der Waals surface area contributed by atoms with Crippen molar-refractivity contribution < 1.29 is 4.74 Å². The second kappa shape index (κ2) is 4.66. The molecule has 1 aliphatic carbocycles. The van der Waals surface area contributed by atoms with E-state index in [1.165, 1.54) is 35.9 Å². The lowest BCUT2D eigenvalue weighted by Gasteiger charge is -2.36. The first-order chi connectivity index (χ1) is 9.42. The Morgan fingerprint density at radius 2 is 2.00 bits per heavy atom. The Labute approximate surface area is 113 Å². The Hall–Kier alpha value is -1.32. The molecule has 3 nitrogen and oxygen atoms in total. The van der Waals surface area contributed by atoms with E-state index in [4.69, 9.17) is 4.74 Å². The summed E-state index contributed by atoms with van der Waals surface area (Å²) in [5, 5.41) is 1.43. The van der Waals surface area contributed by atoms with Crippen LogP contribution in [0.5, 0.6) is 0 Å². The normalized spacial score (nSPS) is 24.5. The van der Waals surface area contributed by atoms with Crippen molar-refractivity contribution in [2.45, 2.75) is 25.3 Å². The summed E-state index contributed by atoms with van der Waals surface area (Å²) in [7, 11) is 0. The molecule has 2 aromatic rings. The molecule has 4 rings (SSSR count). The predicted octanol–water partition coefficient (Wildman–Crippen LogP) is 2.36. The van der Waals surface area contributed by atoms with Crippen molar-refractivity contribution in [1.82, 2.24) is 9.88 Å². The Morgan fingerprint density at radius 3 is 2.89 bits per heavy atom. The van der Waals surface area contributed by atoms with Gasteiger partial charge < -0.3 is 9.72 Å². The van der Waals surface area contributed by atoms with E-state index in [1.807, 2.05) is 0 Å². The largest absolute Gasteiger partial charge is 0.379 e. The van der Waals surface area contributed by atoms with Gasteiger partial charge in [-0.2, -0.15) is 0 Å². The molecule has 0 radical (unpaired) electrons. The topological polar surface area (TPSA) is 28.3 Å². The molecule has 1 fully saturated rings. The summed E-state index contributed by atoms with van der Waals surface area (Å²) < 4.78 is 5.47. The summed E-state index contributed by atoms with van der Waals surface area (Å²) in [6.07, 6.45) is 3.66. The first kappa shape index (κ1) is 11.5. The standard InChI is InChI=1S/C16H20N2O/c1-2-4-15-13(3-1)14-11-12(5-6-16(14)17-15)18-7-9-19-10-8-18/h1-4,12,17H,5-11H2/t12-/m0/s1. The zero-order chi connectivity index (χ0) is 12.7. The smallest absolute Gasteiger partial charge is 0.0594 e. The van der Waals surface area contributed by atoms with E-state index >= 15 is 0 Å². The highest BCUT2D eigenvalue weighted by Crippen LogP contribution is 2.31. The number of hydrogen-bond acceptors (Lipinski definition) is 2. The zero-order valence-electron chi connectivity index (χ0n) is 11.2.